The second kappa shape index (κ2) is 6.72. The molecule has 0 unspecified atom stereocenters. The zero-order valence-electron chi connectivity index (χ0n) is 16.0. The van der Waals surface area contributed by atoms with Crippen LogP contribution in [-0.2, 0) is 6.42 Å². The largest absolute Gasteiger partial charge is 0.508 e. The third-order valence-corrected chi connectivity index (χ3v) is 5.20. The number of methoxy groups -OCH3 is 2. The van der Waals surface area contributed by atoms with Crippen molar-refractivity contribution in [2.45, 2.75) is 32.3 Å². The predicted molar refractivity (Wildman–Crippen MR) is 102 cm³/mol. The summed E-state index contributed by atoms with van der Waals surface area (Å²) in [5, 5.41) is 9.80. The summed E-state index contributed by atoms with van der Waals surface area (Å²) in [5.41, 5.74) is 4.16. The van der Waals surface area contributed by atoms with Crippen LogP contribution < -0.4 is 18.9 Å². The van der Waals surface area contributed by atoms with Gasteiger partial charge in [0.15, 0.2) is 0 Å². The molecule has 2 aliphatic rings. The summed E-state index contributed by atoms with van der Waals surface area (Å²) in [4.78, 5) is 0. The fraction of sp³-hybridized carbons (Fsp3) is 0.364. The summed E-state index contributed by atoms with van der Waals surface area (Å²) < 4.78 is 23.8. The van der Waals surface area contributed by atoms with Gasteiger partial charge in [-0.25, -0.2) is 0 Å². The van der Waals surface area contributed by atoms with E-state index in [1.807, 2.05) is 12.1 Å². The highest BCUT2D eigenvalue weighted by atomic mass is 16.5. The number of hydrogen-bond acceptors (Lipinski definition) is 5. The van der Waals surface area contributed by atoms with E-state index in [2.05, 4.69) is 19.9 Å². The maximum absolute atomic E-state index is 9.80. The second-order valence-electron chi connectivity index (χ2n) is 7.17. The third kappa shape index (κ3) is 2.87. The minimum absolute atomic E-state index is 0.0618. The van der Waals surface area contributed by atoms with Crippen molar-refractivity contribution in [2.75, 3.05) is 20.8 Å². The Bertz CT molecular complexity index is 911. The van der Waals surface area contributed by atoms with Crippen molar-refractivity contribution in [1.82, 2.24) is 0 Å². The molecular formula is C22H24O5. The summed E-state index contributed by atoms with van der Waals surface area (Å²) in [6.07, 6.45) is 2.64. The highest BCUT2D eigenvalue weighted by Crippen LogP contribution is 2.56. The molecule has 2 aliphatic heterocycles. The molecule has 1 N–H and O–H groups in total. The highest BCUT2D eigenvalue weighted by Gasteiger charge is 2.43. The van der Waals surface area contributed by atoms with Crippen LogP contribution in [-0.4, -0.2) is 25.9 Å². The molecule has 2 heterocycles. The Morgan fingerprint density at radius 3 is 2.70 bits per heavy atom. The van der Waals surface area contributed by atoms with Gasteiger partial charge in [0.05, 0.1) is 32.3 Å². The number of fused-ring (bicyclic) bond motifs is 5. The Morgan fingerprint density at radius 1 is 1.19 bits per heavy atom. The van der Waals surface area contributed by atoms with Gasteiger partial charge in [0.2, 0.25) is 0 Å². The summed E-state index contributed by atoms with van der Waals surface area (Å²) in [7, 11) is 3.32. The molecule has 0 bridgehead atoms. The van der Waals surface area contributed by atoms with Gasteiger partial charge in [-0.05, 0) is 26.3 Å². The normalized spacial score (nSPS) is 19.1. The first-order chi connectivity index (χ1) is 13.0. The van der Waals surface area contributed by atoms with Crippen molar-refractivity contribution in [3.8, 4) is 28.7 Å². The van der Waals surface area contributed by atoms with Crippen molar-refractivity contribution in [3.63, 3.8) is 0 Å². The van der Waals surface area contributed by atoms with Crippen molar-refractivity contribution in [3.05, 3.63) is 52.6 Å². The van der Waals surface area contributed by atoms with Gasteiger partial charge in [0.1, 0.15) is 34.9 Å². The van der Waals surface area contributed by atoms with Crippen molar-refractivity contribution in [2.24, 2.45) is 0 Å². The molecule has 0 radical (unpaired) electrons. The summed E-state index contributed by atoms with van der Waals surface area (Å²) in [5.74, 6) is 3.17. The lowest BCUT2D eigenvalue weighted by molar-refractivity contribution is 0.134. The molecule has 2 atom stereocenters. The van der Waals surface area contributed by atoms with Crippen LogP contribution in [0, 0.1) is 0 Å². The number of benzene rings is 2. The fourth-order valence-corrected chi connectivity index (χ4v) is 3.90. The number of hydrogen-bond donors (Lipinski definition) is 1. The van der Waals surface area contributed by atoms with Gasteiger partial charge < -0.3 is 24.1 Å². The van der Waals surface area contributed by atoms with Crippen LogP contribution in [0.2, 0.25) is 0 Å². The molecule has 0 spiro atoms. The van der Waals surface area contributed by atoms with Crippen molar-refractivity contribution < 1.29 is 24.1 Å². The summed E-state index contributed by atoms with van der Waals surface area (Å²) >= 11 is 0. The first-order valence-electron chi connectivity index (χ1n) is 9.07. The quantitative estimate of drug-likeness (QED) is 0.804. The lowest BCUT2D eigenvalue weighted by atomic mass is 9.87. The van der Waals surface area contributed by atoms with Crippen LogP contribution >= 0.6 is 0 Å². The number of allylic oxidation sites excluding steroid dienone is 2. The van der Waals surface area contributed by atoms with E-state index in [1.165, 1.54) is 5.57 Å². The molecule has 0 fully saturated rings. The van der Waals surface area contributed by atoms with E-state index in [-0.39, 0.29) is 17.8 Å². The first kappa shape index (κ1) is 17.6. The number of rotatable bonds is 4. The van der Waals surface area contributed by atoms with Crippen LogP contribution in [0.15, 0.2) is 35.9 Å². The van der Waals surface area contributed by atoms with E-state index >= 15 is 0 Å². The lowest BCUT2D eigenvalue weighted by Gasteiger charge is -2.31. The Labute approximate surface area is 159 Å². The maximum atomic E-state index is 9.80. The molecule has 0 aromatic heterocycles. The summed E-state index contributed by atoms with van der Waals surface area (Å²) in [6, 6.07) is 7.18. The number of phenols is 1. The van der Waals surface area contributed by atoms with Gasteiger partial charge >= 0.3 is 0 Å². The molecule has 27 heavy (non-hydrogen) atoms. The molecule has 0 aliphatic carbocycles. The van der Waals surface area contributed by atoms with Crippen LogP contribution in [0.25, 0.3) is 0 Å². The van der Waals surface area contributed by atoms with Crippen LogP contribution in [0.4, 0.5) is 0 Å². The number of ether oxygens (including phenoxy) is 4. The summed E-state index contributed by atoms with van der Waals surface area (Å²) in [6.45, 7) is 4.65. The second-order valence-corrected chi connectivity index (χ2v) is 7.17. The third-order valence-electron chi connectivity index (χ3n) is 5.20. The monoisotopic (exact) mass is 368 g/mol. The number of phenolic OH excluding ortho intramolecular Hbond substituents is 1. The molecular weight excluding hydrogens is 344 g/mol. The predicted octanol–water partition coefficient (Wildman–Crippen LogP) is 4.53. The molecule has 0 saturated carbocycles. The van der Waals surface area contributed by atoms with Gasteiger partial charge in [-0.2, -0.15) is 0 Å². The molecule has 2 aromatic rings. The van der Waals surface area contributed by atoms with Crippen molar-refractivity contribution >= 4 is 0 Å². The molecule has 2 aromatic carbocycles. The van der Waals surface area contributed by atoms with Gasteiger partial charge in [-0.15, -0.1) is 0 Å². The zero-order chi connectivity index (χ0) is 19.1. The minimum Gasteiger partial charge on any atom is -0.508 e. The van der Waals surface area contributed by atoms with E-state index in [1.54, 1.807) is 26.4 Å². The molecule has 5 nitrogen and oxygen atoms in total. The fourth-order valence-electron chi connectivity index (χ4n) is 3.90. The van der Waals surface area contributed by atoms with E-state index in [0.717, 1.165) is 33.9 Å². The zero-order valence-corrected chi connectivity index (χ0v) is 16.0. The minimum atomic E-state index is -0.211. The first-order valence-corrected chi connectivity index (χ1v) is 9.07. The molecule has 142 valence electrons. The molecule has 4 rings (SSSR count). The standard InChI is InChI=1S/C22H24O5/c1-12(2)5-7-15-17(24-3)10-19-20(21(15)25-4)22-16(11-26-19)14-8-6-13(23)9-18(14)27-22/h5-6,8-10,16,22-23H,7,11H2,1-4H3/t16-,22-/m1/s1. The molecule has 5 heteroatoms. The Morgan fingerprint density at radius 2 is 2.00 bits per heavy atom. The van der Waals surface area contributed by atoms with E-state index in [0.29, 0.717) is 18.8 Å². The van der Waals surface area contributed by atoms with E-state index < -0.39 is 0 Å². The smallest absolute Gasteiger partial charge is 0.141 e. The van der Waals surface area contributed by atoms with Crippen LogP contribution in [0.1, 0.15) is 42.6 Å². The van der Waals surface area contributed by atoms with Crippen molar-refractivity contribution in [1.29, 1.82) is 0 Å². The number of aromatic hydroxyl groups is 1. The highest BCUT2D eigenvalue weighted by molar-refractivity contribution is 5.62. The van der Waals surface area contributed by atoms with Gasteiger partial charge in [-0.3, -0.25) is 0 Å². The van der Waals surface area contributed by atoms with Gasteiger partial charge in [0.25, 0.3) is 0 Å². The van der Waals surface area contributed by atoms with Gasteiger partial charge in [-0.1, -0.05) is 17.7 Å². The topological polar surface area (TPSA) is 57.2 Å². The average molecular weight is 368 g/mol. The lowest BCUT2D eigenvalue weighted by Crippen LogP contribution is -2.24. The Hall–Kier alpha value is -2.82. The van der Waals surface area contributed by atoms with Gasteiger partial charge in [0, 0.05) is 23.3 Å². The Balaban J connectivity index is 1.85. The van der Waals surface area contributed by atoms with Crippen LogP contribution in [0.5, 0.6) is 28.7 Å². The average Bonchev–Trinajstić information content (AvgIpc) is 3.02. The molecule has 0 saturated heterocycles. The SMILES string of the molecule is COc1cc2c(c(OC)c1CC=C(C)C)[C@@H]1Oc3cc(O)ccc3[C@H]1CO2. The maximum Gasteiger partial charge on any atom is 0.141 e. The Kier molecular flexibility index (Phi) is 4.38. The molecule has 0 amide bonds. The van der Waals surface area contributed by atoms with E-state index in [9.17, 15) is 5.11 Å². The van der Waals surface area contributed by atoms with E-state index in [4.69, 9.17) is 18.9 Å². The van der Waals surface area contributed by atoms with Crippen LogP contribution in [0.3, 0.4) is 0 Å².